The highest BCUT2D eigenvalue weighted by molar-refractivity contribution is 6.13. The molecule has 2 aromatic heterocycles. The zero-order valence-electron chi connectivity index (χ0n) is 11.7. The highest BCUT2D eigenvalue weighted by Crippen LogP contribution is 2.32. The van der Waals surface area contributed by atoms with Crippen molar-refractivity contribution in [3.8, 4) is 0 Å². The molecule has 4 rings (SSSR count). The van der Waals surface area contributed by atoms with Crippen molar-refractivity contribution in [2.75, 3.05) is 0 Å². The van der Waals surface area contributed by atoms with Gasteiger partial charge in [0.2, 0.25) is 0 Å². The van der Waals surface area contributed by atoms with E-state index in [9.17, 15) is 9.59 Å². The minimum atomic E-state index is -0.495. The number of aryl methyl sites for hydroxylation is 1. The summed E-state index contributed by atoms with van der Waals surface area (Å²) in [5, 5.41) is 9.06. The average Bonchev–Trinajstić information content (AvgIpc) is 3.00. The molecule has 106 valence electrons. The Hall–Kier alpha value is -2.43. The van der Waals surface area contributed by atoms with Crippen LogP contribution in [0.4, 0.5) is 0 Å². The third-order valence-corrected chi connectivity index (χ3v) is 4.44. The molecular formula is C16H15N3O2. The molecule has 1 aliphatic rings. The number of ketones is 2. The van der Waals surface area contributed by atoms with E-state index in [1.807, 2.05) is 12.1 Å². The van der Waals surface area contributed by atoms with E-state index >= 15 is 0 Å². The fourth-order valence-corrected chi connectivity index (χ4v) is 3.34. The Morgan fingerprint density at radius 1 is 1.33 bits per heavy atom. The molecule has 0 spiro atoms. The van der Waals surface area contributed by atoms with E-state index in [0.717, 1.165) is 40.2 Å². The molecule has 2 heterocycles. The number of fused-ring (bicyclic) bond motifs is 4. The van der Waals surface area contributed by atoms with Gasteiger partial charge in [0.15, 0.2) is 5.78 Å². The van der Waals surface area contributed by atoms with Gasteiger partial charge in [-0.3, -0.25) is 14.7 Å². The molecule has 0 aliphatic heterocycles. The predicted molar refractivity (Wildman–Crippen MR) is 79.4 cm³/mol. The molecule has 0 amide bonds. The van der Waals surface area contributed by atoms with Gasteiger partial charge < -0.3 is 4.98 Å². The van der Waals surface area contributed by atoms with E-state index in [1.165, 1.54) is 6.92 Å². The van der Waals surface area contributed by atoms with E-state index in [2.05, 4.69) is 15.2 Å². The van der Waals surface area contributed by atoms with Crippen molar-refractivity contribution in [1.82, 2.24) is 15.2 Å². The quantitative estimate of drug-likeness (QED) is 0.531. The Morgan fingerprint density at radius 2 is 2.19 bits per heavy atom. The van der Waals surface area contributed by atoms with Crippen LogP contribution in [0.25, 0.3) is 21.8 Å². The first-order valence-corrected chi connectivity index (χ1v) is 7.17. The third kappa shape index (κ3) is 1.73. The molecule has 0 bridgehead atoms. The van der Waals surface area contributed by atoms with Gasteiger partial charge in [0.05, 0.1) is 23.3 Å². The van der Waals surface area contributed by atoms with Gasteiger partial charge in [-0.2, -0.15) is 5.10 Å². The van der Waals surface area contributed by atoms with E-state index in [4.69, 9.17) is 0 Å². The maximum absolute atomic E-state index is 12.6. The van der Waals surface area contributed by atoms with Crippen molar-refractivity contribution >= 4 is 33.4 Å². The van der Waals surface area contributed by atoms with Crippen LogP contribution in [0.15, 0.2) is 18.3 Å². The maximum Gasteiger partial charge on any atom is 0.189 e. The van der Waals surface area contributed by atoms with E-state index in [0.29, 0.717) is 12.1 Å². The van der Waals surface area contributed by atoms with Gasteiger partial charge in [0.25, 0.3) is 0 Å². The Labute approximate surface area is 120 Å². The molecular weight excluding hydrogens is 266 g/mol. The number of rotatable bonds is 1. The second-order valence-corrected chi connectivity index (χ2v) is 5.75. The normalized spacial score (nSPS) is 18.9. The van der Waals surface area contributed by atoms with Crippen LogP contribution < -0.4 is 0 Å². The van der Waals surface area contributed by atoms with Crippen LogP contribution in [0.5, 0.6) is 0 Å². The zero-order valence-corrected chi connectivity index (χ0v) is 11.7. The van der Waals surface area contributed by atoms with Crippen molar-refractivity contribution in [3.63, 3.8) is 0 Å². The molecule has 1 atom stereocenters. The molecule has 0 fully saturated rings. The lowest BCUT2D eigenvalue weighted by Gasteiger charge is -2.07. The van der Waals surface area contributed by atoms with E-state index in [-0.39, 0.29) is 11.6 Å². The summed E-state index contributed by atoms with van der Waals surface area (Å²) in [5.41, 5.74) is 3.55. The van der Waals surface area contributed by atoms with Crippen molar-refractivity contribution in [2.45, 2.75) is 26.2 Å². The summed E-state index contributed by atoms with van der Waals surface area (Å²) < 4.78 is 0. The second kappa shape index (κ2) is 4.28. The average molecular weight is 281 g/mol. The van der Waals surface area contributed by atoms with Crippen molar-refractivity contribution in [1.29, 1.82) is 0 Å². The fraction of sp³-hybridized carbons (Fsp3) is 0.312. The third-order valence-electron chi connectivity index (χ3n) is 4.44. The number of aromatic nitrogens is 3. The first-order valence-electron chi connectivity index (χ1n) is 7.17. The summed E-state index contributed by atoms with van der Waals surface area (Å²) in [6.07, 6.45) is 4.09. The minimum Gasteiger partial charge on any atom is -0.352 e. The Morgan fingerprint density at radius 3 is 3.00 bits per heavy atom. The van der Waals surface area contributed by atoms with Crippen molar-refractivity contribution in [3.05, 3.63) is 29.6 Å². The van der Waals surface area contributed by atoms with Crippen LogP contribution >= 0.6 is 0 Å². The predicted octanol–water partition coefficient (Wildman–Crippen LogP) is 2.77. The fourth-order valence-electron chi connectivity index (χ4n) is 3.34. The van der Waals surface area contributed by atoms with Crippen LogP contribution in [0.2, 0.25) is 0 Å². The monoisotopic (exact) mass is 281 g/mol. The van der Waals surface area contributed by atoms with Crippen LogP contribution in [0.1, 0.15) is 35.8 Å². The highest BCUT2D eigenvalue weighted by atomic mass is 16.1. The Bertz CT molecular complexity index is 888. The number of hydrogen-bond donors (Lipinski definition) is 2. The SMILES string of the molecule is CC(=O)C1CCCc2c([nH]c3cc4cn[nH]c4cc23)C1=O. The van der Waals surface area contributed by atoms with Crippen LogP contribution in [0.3, 0.4) is 0 Å². The van der Waals surface area contributed by atoms with Crippen molar-refractivity contribution in [2.24, 2.45) is 5.92 Å². The number of nitrogens with zero attached hydrogens (tertiary/aromatic N) is 1. The lowest BCUT2D eigenvalue weighted by atomic mass is 9.95. The highest BCUT2D eigenvalue weighted by Gasteiger charge is 2.31. The number of carbonyl (C=O) groups is 2. The molecule has 0 saturated heterocycles. The molecule has 5 nitrogen and oxygen atoms in total. The number of benzene rings is 1. The first kappa shape index (κ1) is 12.3. The second-order valence-electron chi connectivity index (χ2n) is 5.75. The number of H-pyrrole nitrogens is 2. The topological polar surface area (TPSA) is 78.6 Å². The molecule has 1 aromatic carbocycles. The van der Waals surface area contributed by atoms with Gasteiger partial charge in [0.1, 0.15) is 5.78 Å². The molecule has 2 N–H and O–H groups in total. The standard InChI is InChI=1S/C16H15N3O2/c1-8(20)10-3-2-4-11-12-6-13-9(7-17-19-13)5-14(12)18-15(11)16(10)21/h5-7,10,18H,2-4H2,1H3,(H,17,19). The van der Waals surface area contributed by atoms with Gasteiger partial charge in [-0.15, -0.1) is 0 Å². The van der Waals surface area contributed by atoms with Crippen LogP contribution in [-0.2, 0) is 11.2 Å². The summed E-state index contributed by atoms with van der Waals surface area (Å²) in [6.45, 7) is 1.51. The van der Waals surface area contributed by atoms with Crippen molar-refractivity contribution < 1.29 is 9.59 Å². The molecule has 5 heteroatoms. The maximum atomic E-state index is 12.6. The largest absolute Gasteiger partial charge is 0.352 e. The molecule has 0 radical (unpaired) electrons. The summed E-state index contributed by atoms with van der Waals surface area (Å²) in [6, 6.07) is 4.03. The summed E-state index contributed by atoms with van der Waals surface area (Å²) in [5.74, 6) is -0.596. The lowest BCUT2D eigenvalue weighted by molar-refractivity contribution is -0.119. The van der Waals surface area contributed by atoms with Gasteiger partial charge in [0, 0.05) is 16.3 Å². The molecule has 21 heavy (non-hydrogen) atoms. The molecule has 1 aliphatic carbocycles. The molecule has 0 saturated carbocycles. The minimum absolute atomic E-state index is 0.0391. The van der Waals surface area contributed by atoms with E-state index in [1.54, 1.807) is 6.20 Å². The Balaban J connectivity index is 1.97. The Kier molecular flexibility index (Phi) is 2.51. The summed E-state index contributed by atoms with van der Waals surface area (Å²) in [7, 11) is 0. The summed E-state index contributed by atoms with van der Waals surface area (Å²) in [4.78, 5) is 27.5. The number of Topliss-reactive ketones (excluding diaryl/α,β-unsaturated/α-hetero) is 2. The number of hydrogen-bond acceptors (Lipinski definition) is 3. The number of aromatic amines is 2. The van der Waals surface area contributed by atoms with Crippen LogP contribution in [-0.4, -0.2) is 26.7 Å². The van der Waals surface area contributed by atoms with Crippen LogP contribution in [0, 0.1) is 5.92 Å². The van der Waals surface area contributed by atoms with Gasteiger partial charge in [-0.1, -0.05) is 0 Å². The van der Waals surface area contributed by atoms with E-state index < -0.39 is 5.92 Å². The van der Waals surface area contributed by atoms with Gasteiger partial charge in [-0.05, 0) is 43.9 Å². The summed E-state index contributed by atoms with van der Waals surface area (Å²) >= 11 is 0. The number of carbonyl (C=O) groups excluding carboxylic acids is 2. The molecule has 3 aromatic rings. The van der Waals surface area contributed by atoms with Gasteiger partial charge >= 0.3 is 0 Å². The number of nitrogens with one attached hydrogen (secondary N) is 2. The molecule has 1 unspecified atom stereocenters. The smallest absolute Gasteiger partial charge is 0.189 e. The first-order chi connectivity index (χ1) is 10.1. The van der Waals surface area contributed by atoms with Gasteiger partial charge in [-0.25, -0.2) is 0 Å². The zero-order chi connectivity index (χ0) is 14.6. The lowest BCUT2D eigenvalue weighted by Crippen LogP contribution is -2.21.